The zero-order valence-corrected chi connectivity index (χ0v) is 11.9. The topological polar surface area (TPSA) is 41.6 Å². The van der Waals surface area contributed by atoms with Gasteiger partial charge in [-0.3, -0.25) is 0 Å². The molecule has 0 amide bonds. The van der Waals surface area contributed by atoms with Gasteiger partial charge in [-0.2, -0.15) is 0 Å². The normalized spacial score (nSPS) is 15.8. The number of carbonyl (C=O) groups excluding carboxylic acids is 1. The van der Waals surface area contributed by atoms with E-state index in [2.05, 4.69) is 38.9 Å². The Bertz CT molecular complexity index is 417. The molecule has 2 rings (SSSR count). The van der Waals surface area contributed by atoms with Gasteiger partial charge in [0.15, 0.2) is 0 Å². The van der Waals surface area contributed by atoms with Gasteiger partial charge in [-0.15, -0.1) is 0 Å². The molecular weight excluding hydrogens is 331 g/mol. The van der Waals surface area contributed by atoms with Gasteiger partial charge < -0.3 is 15.0 Å². The fourth-order valence-corrected chi connectivity index (χ4v) is 2.57. The van der Waals surface area contributed by atoms with Gasteiger partial charge >= 0.3 is 5.97 Å². The number of piperazine rings is 1. The van der Waals surface area contributed by atoms with Crippen LogP contribution >= 0.6 is 22.6 Å². The van der Waals surface area contributed by atoms with Crippen molar-refractivity contribution >= 4 is 34.2 Å². The summed E-state index contributed by atoms with van der Waals surface area (Å²) < 4.78 is 5.82. The number of nitrogens with zero attached hydrogens (tertiary/aromatic N) is 1. The highest BCUT2D eigenvalue weighted by Crippen LogP contribution is 2.21. The van der Waals surface area contributed by atoms with E-state index in [0.29, 0.717) is 5.56 Å². The van der Waals surface area contributed by atoms with Crippen LogP contribution in [0.3, 0.4) is 0 Å². The highest BCUT2D eigenvalue weighted by Gasteiger charge is 2.14. The van der Waals surface area contributed by atoms with Crippen molar-refractivity contribution in [2.75, 3.05) is 38.2 Å². The summed E-state index contributed by atoms with van der Waals surface area (Å²) in [4.78, 5) is 13.8. The van der Waals surface area contributed by atoms with E-state index in [1.165, 1.54) is 7.11 Å². The summed E-state index contributed by atoms with van der Waals surface area (Å²) >= 11 is 2.23. The summed E-state index contributed by atoms with van der Waals surface area (Å²) in [6.45, 7) is 3.92. The molecule has 1 saturated heterocycles. The summed E-state index contributed by atoms with van der Waals surface area (Å²) in [6, 6.07) is 5.84. The molecule has 0 aliphatic carbocycles. The van der Waals surface area contributed by atoms with Gasteiger partial charge in [0.25, 0.3) is 0 Å². The van der Waals surface area contributed by atoms with Crippen LogP contribution in [0.2, 0.25) is 0 Å². The maximum atomic E-state index is 11.5. The molecule has 4 nitrogen and oxygen atoms in total. The molecule has 1 aliphatic rings. The van der Waals surface area contributed by atoms with Gasteiger partial charge in [0.2, 0.25) is 0 Å². The fraction of sp³-hybridized carbons (Fsp3) is 0.417. The van der Waals surface area contributed by atoms with Crippen molar-refractivity contribution in [3.8, 4) is 0 Å². The second-order valence-corrected chi connectivity index (χ2v) is 5.17. The number of ether oxygens (including phenoxy) is 1. The largest absolute Gasteiger partial charge is 0.465 e. The Balaban J connectivity index is 2.27. The molecule has 1 fully saturated rings. The summed E-state index contributed by atoms with van der Waals surface area (Å²) in [5.74, 6) is -0.278. The van der Waals surface area contributed by atoms with Crippen LogP contribution in [0.1, 0.15) is 10.4 Å². The first-order chi connectivity index (χ1) is 8.20. The third-order valence-corrected chi connectivity index (χ3v) is 3.41. The minimum atomic E-state index is -0.278. The van der Waals surface area contributed by atoms with Gasteiger partial charge in [-0.25, -0.2) is 4.79 Å². The molecule has 0 atom stereocenters. The summed E-state index contributed by atoms with van der Waals surface area (Å²) in [5.41, 5.74) is 1.71. The molecular formula is C12H15IN2O2. The van der Waals surface area contributed by atoms with Crippen molar-refractivity contribution < 1.29 is 9.53 Å². The Morgan fingerprint density at radius 2 is 2.06 bits per heavy atom. The van der Waals surface area contributed by atoms with Gasteiger partial charge in [0.05, 0.1) is 12.7 Å². The number of carbonyl (C=O) groups is 1. The fourth-order valence-electron chi connectivity index (χ4n) is 1.92. The maximum absolute atomic E-state index is 11.5. The molecule has 92 valence electrons. The lowest BCUT2D eigenvalue weighted by Crippen LogP contribution is -2.43. The van der Waals surface area contributed by atoms with Crippen LogP contribution in [0.5, 0.6) is 0 Å². The van der Waals surface area contributed by atoms with Gasteiger partial charge in [-0.1, -0.05) is 0 Å². The summed E-state index contributed by atoms with van der Waals surface area (Å²) in [5, 5.41) is 3.31. The summed E-state index contributed by atoms with van der Waals surface area (Å²) in [6.07, 6.45) is 0. The third kappa shape index (κ3) is 3.10. The number of hydrogen-bond acceptors (Lipinski definition) is 4. The molecule has 1 aliphatic heterocycles. The minimum absolute atomic E-state index is 0.278. The first-order valence-electron chi connectivity index (χ1n) is 5.55. The molecule has 0 spiro atoms. The molecule has 5 heteroatoms. The van der Waals surface area contributed by atoms with Crippen LogP contribution in [0.25, 0.3) is 0 Å². The van der Waals surface area contributed by atoms with E-state index in [-0.39, 0.29) is 5.97 Å². The van der Waals surface area contributed by atoms with E-state index < -0.39 is 0 Å². The summed E-state index contributed by atoms with van der Waals surface area (Å²) in [7, 11) is 1.41. The van der Waals surface area contributed by atoms with Gasteiger partial charge in [0.1, 0.15) is 0 Å². The van der Waals surface area contributed by atoms with Crippen LogP contribution in [0.4, 0.5) is 5.69 Å². The van der Waals surface area contributed by atoms with Crippen molar-refractivity contribution in [1.82, 2.24) is 5.32 Å². The van der Waals surface area contributed by atoms with E-state index in [1.807, 2.05) is 12.1 Å². The predicted molar refractivity (Wildman–Crippen MR) is 75.6 cm³/mol. The number of rotatable bonds is 2. The lowest BCUT2D eigenvalue weighted by Gasteiger charge is -2.29. The number of hydrogen-bond donors (Lipinski definition) is 1. The monoisotopic (exact) mass is 346 g/mol. The Morgan fingerprint density at radius 1 is 1.35 bits per heavy atom. The first-order valence-corrected chi connectivity index (χ1v) is 6.63. The van der Waals surface area contributed by atoms with E-state index >= 15 is 0 Å². The average molecular weight is 346 g/mol. The molecule has 17 heavy (non-hydrogen) atoms. The molecule has 0 aromatic heterocycles. The molecule has 1 aromatic rings. The molecule has 0 saturated carbocycles. The van der Waals surface area contributed by atoms with Gasteiger partial charge in [0, 0.05) is 35.4 Å². The van der Waals surface area contributed by atoms with Crippen molar-refractivity contribution in [2.24, 2.45) is 0 Å². The Labute approximate surface area is 114 Å². The van der Waals surface area contributed by atoms with Crippen molar-refractivity contribution in [2.45, 2.75) is 0 Å². The van der Waals surface area contributed by atoms with Crippen molar-refractivity contribution in [3.05, 3.63) is 27.3 Å². The standard InChI is InChI=1S/C12H15IN2O2/c1-17-12(16)9-6-10(13)8-11(7-9)15-4-2-14-3-5-15/h6-8,14H,2-5H2,1H3. The predicted octanol–water partition coefficient (Wildman–Crippen LogP) is 1.49. The molecule has 0 unspecified atom stereocenters. The molecule has 1 aromatic carbocycles. The minimum Gasteiger partial charge on any atom is -0.465 e. The Kier molecular flexibility index (Phi) is 4.22. The highest BCUT2D eigenvalue weighted by atomic mass is 127. The highest BCUT2D eigenvalue weighted by molar-refractivity contribution is 14.1. The van der Waals surface area contributed by atoms with E-state index in [0.717, 1.165) is 35.4 Å². The first kappa shape index (κ1) is 12.6. The van der Waals surface area contributed by atoms with E-state index in [4.69, 9.17) is 4.74 Å². The van der Waals surface area contributed by atoms with Crippen LogP contribution in [-0.4, -0.2) is 39.3 Å². The molecule has 0 radical (unpaired) electrons. The number of benzene rings is 1. The van der Waals surface area contributed by atoms with Crippen LogP contribution < -0.4 is 10.2 Å². The van der Waals surface area contributed by atoms with E-state index in [1.54, 1.807) is 0 Å². The molecule has 1 N–H and O–H groups in total. The zero-order valence-electron chi connectivity index (χ0n) is 9.70. The zero-order chi connectivity index (χ0) is 12.3. The number of halogens is 1. The smallest absolute Gasteiger partial charge is 0.337 e. The Hall–Kier alpha value is -0.820. The van der Waals surface area contributed by atoms with Crippen molar-refractivity contribution in [3.63, 3.8) is 0 Å². The quantitative estimate of drug-likeness (QED) is 0.651. The van der Waals surface area contributed by atoms with E-state index in [9.17, 15) is 4.79 Å². The molecule has 0 bridgehead atoms. The number of esters is 1. The Morgan fingerprint density at radius 3 is 2.71 bits per heavy atom. The lowest BCUT2D eigenvalue weighted by atomic mass is 10.2. The van der Waals surface area contributed by atoms with Crippen LogP contribution in [-0.2, 0) is 4.74 Å². The van der Waals surface area contributed by atoms with Crippen molar-refractivity contribution in [1.29, 1.82) is 0 Å². The average Bonchev–Trinajstić information content (AvgIpc) is 2.38. The number of anilines is 1. The van der Waals surface area contributed by atoms with Gasteiger partial charge in [-0.05, 0) is 40.8 Å². The maximum Gasteiger partial charge on any atom is 0.337 e. The third-order valence-electron chi connectivity index (χ3n) is 2.79. The SMILES string of the molecule is COC(=O)c1cc(I)cc(N2CCNCC2)c1. The van der Waals surface area contributed by atoms with Crippen LogP contribution in [0.15, 0.2) is 18.2 Å². The van der Waals surface area contributed by atoms with Crippen LogP contribution in [0, 0.1) is 3.57 Å². The lowest BCUT2D eigenvalue weighted by molar-refractivity contribution is 0.0600. The number of methoxy groups -OCH3 is 1. The second kappa shape index (κ2) is 5.68. The number of nitrogens with one attached hydrogen (secondary N) is 1. The second-order valence-electron chi connectivity index (χ2n) is 3.93. The molecule has 1 heterocycles.